The summed E-state index contributed by atoms with van der Waals surface area (Å²) in [7, 11) is 0. The normalized spacial score (nSPS) is 12.4. The van der Waals surface area contributed by atoms with E-state index in [1.807, 2.05) is 83.2 Å². The highest BCUT2D eigenvalue weighted by atomic mass is 16.2. The number of benzene rings is 1. The summed E-state index contributed by atoms with van der Waals surface area (Å²) in [5.74, 6) is -1.23. The quantitative estimate of drug-likeness (QED) is 0.223. The third-order valence-electron chi connectivity index (χ3n) is 4.12. The maximum Gasteiger partial charge on any atom is 0.312 e. The highest BCUT2D eigenvalue weighted by molar-refractivity contribution is 6.43. The van der Waals surface area contributed by atoms with Crippen molar-refractivity contribution in [1.29, 1.82) is 0 Å². The minimum absolute atomic E-state index is 0.515. The summed E-state index contributed by atoms with van der Waals surface area (Å²) in [6.45, 7) is 9.87. The summed E-state index contributed by atoms with van der Waals surface area (Å²) in [4.78, 5) is 25.1. The Morgan fingerprint density at radius 3 is 2.11 bits per heavy atom. The molecule has 1 aromatic carbocycles. The predicted molar refractivity (Wildman–Crippen MR) is 113 cm³/mol. The molecule has 0 saturated heterocycles. The lowest BCUT2D eigenvalue weighted by molar-refractivity contribution is -0.117. The van der Waals surface area contributed by atoms with E-state index in [-0.39, 0.29) is 0 Å². The Hall–Kier alpha value is -2.75. The topological polar surface area (TPSA) is 58.5 Å². The fraction of sp³-hybridized carbons (Fsp3) is 0.348. The van der Waals surface area contributed by atoms with Crippen LogP contribution < -0.4 is 5.43 Å². The van der Waals surface area contributed by atoms with Gasteiger partial charge in [0.05, 0.1) is 5.71 Å². The highest BCUT2D eigenvalue weighted by Crippen LogP contribution is 2.20. The number of rotatable bonds is 9. The molecule has 27 heavy (non-hydrogen) atoms. The summed E-state index contributed by atoms with van der Waals surface area (Å²) in [6, 6.07) is 3.94. The van der Waals surface area contributed by atoms with Crippen molar-refractivity contribution < 1.29 is 9.59 Å². The zero-order valence-electron chi connectivity index (χ0n) is 17.0. The third kappa shape index (κ3) is 6.81. The molecule has 4 heteroatoms. The van der Waals surface area contributed by atoms with E-state index < -0.39 is 11.7 Å². The van der Waals surface area contributed by atoms with E-state index >= 15 is 0 Å². The van der Waals surface area contributed by atoms with Crippen molar-refractivity contribution in [2.75, 3.05) is 0 Å². The number of ketones is 1. The summed E-state index contributed by atoms with van der Waals surface area (Å²) < 4.78 is 0. The van der Waals surface area contributed by atoms with E-state index in [1.54, 1.807) is 0 Å². The molecule has 1 N–H and O–H groups in total. The molecule has 0 aliphatic heterocycles. The summed E-state index contributed by atoms with van der Waals surface area (Å²) in [5.41, 5.74) is 6.52. The summed E-state index contributed by atoms with van der Waals surface area (Å²) >= 11 is 0. The van der Waals surface area contributed by atoms with Crippen LogP contribution in [0.5, 0.6) is 0 Å². The van der Waals surface area contributed by atoms with Crippen molar-refractivity contribution in [2.45, 2.75) is 53.9 Å². The van der Waals surface area contributed by atoms with E-state index in [1.165, 1.54) is 0 Å². The van der Waals surface area contributed by atoms with Crippen molar-refractivity contribution in [1.82, 2.24) is 5.43 Å². The van der Waals surface area contributed by atoms with Crippen LogP contribution in [-0.2, 0) is 17.6 Å². The second-order valence-corrected chi connectivity index (χ2v) is 6.16. The van der Waals surface area contributed by atoms with Crippen LogP contribution in [-0.4, -0.2) is 17.4 Å². The number of hydrazone groups is 1. The molecule has 1 amide bonds. The van der Waals surface area contributed by atoms with Crippen LogP contribution in [0.2, 0.25) is 0 Å². The maximum atomic E-state index is 12.7. The number of carbonyl (C=O) groups excluding carboxylic acids is 2. The van der Waals surface area contributed by atoms with Gasteiger partial charge in [-0.1, -0.05) is 68.8 Å². The van der Waals surface area contributed by atoms with Crippen LogP contribution in [0.15, 0.2) is 53.7 Å². The van der Waals surface area contributed by atoms with Gasteiger partial charge in [-0.25, -0.2) is 5.43 Å². The van der Waals surface area contributed by atoms with Crippen molar-refractivity contribution in [3.05, 3.63) is 70.8 Å². The van der Waals surface area contributed by atoms with Gasteiger partial charge in [0.2, 0.25) is 0 Å². The van der Waals surface area contributed by atoms with Crippen LogP contribution in [0.25, 0.3) is 0 Å². The Balaban J connectivity index is 2.98. The first-order chi connectivity index (χ1) is 13.0. The van der Waals surface area contributed by atoms with E-state index in [0.717, 1.165) is 16.7 Å². The molecule has 0 saturated carbocycles. The zero-order chi connectivity index (χ0) is 20.2. The first-order valence-electron chi connectivity index (χ1n) is 9.47. The molecular weight excluding hydrogens is 336 g/mol. The molecule has 0 aliphatic rings. The molecule has 0 bridgehead atoms. The number of nitrogens with one attached hydrogen (secondary N) is 1. The number of Topliss-reactive ketones (excluding diaryl/α,β-unsaturated/α-hetero) is 1. The molecule has 0 aromatic heterocycles. The van der Waals surface area contributed by atoms with Crippen molar-refractivity contribution in [3.8, 4) is 0 Å². The lowest BCUT2D eigenvalue weighted by Gasteiger charge is -2.13. The summed E-state index contributed by atoms with van der Waals surface area (Å²) in [5, 5.41) is 4.09. The highest BCUT2D eigenvalue weighted by Gasteiger charge is 2.22. The second-order valence-electron chi connectivity index (χ2n) is 6.16. The van der Waals surface area contributed by atoms with E-state index in [9.17, 15) is 9.59 Å². The molecule has 0 radical (unpaired) electrons. The molecule has 0 aliphatic carbocycles. The van der Waals surface area contributed by atoms with Gasteiger partial charge in [-0.2, -0.15) is 5.10 Å². The number of carbonyl (C=O) groups is 2. The largest absolute Gasteiger partial charge is 0.312 e. The van der Waals surface area contributed by atoms with Gasteiger partial charge in [-0.05, 0) is 50.3 Å². The molecule has 0 heterocycles. The van der Waals surface area contributed by atoms with Gasteiger partial charge < -0.3 is 0 Å². The predicted octanol–water partition coefficient (Wildman–Crippen LogP) is 4.87. The zero-order valence-corrected chi connectivity index (χ0v) is 17.0. The monoisotopic (exact) mass is 366 g/mol. The molecule has 4 nitrogen and oxygen atoms in total. The third-order valence-corrected chi connectivity index (χ3v) is 4.12. The standard InChI is InChI=1S/C23H30N2O2/c1-6-10-11-12-13-14-20(9-4)24-25-23(27)22(26)21-18(7-2)15-17(5)16-19(21)8-3/h6,10-16H,7-9H2,1-5H3,(H,25,27)/b10-6-,12-11-,14-13+,24-20+. The van der Waals surface area contributed by atoms with Gasteiger partial charge in [0.1, 0.15) is 0 Å². The van der Waals surface area contributed by atoms with Gasteiger partial charge in [-0.15, -0.1) is 0 Å². The number of allylic oxidation sites excluding steroid dienone is 6. The van der Waals surface area contributed by atoms with Gasteiger partial charge >= 0.3 is 5.91 Å². The van der Waals surface area contributed by atoms with E-state index in [0.29, 0.717) is 30.5 Å². The molecule has 0 spiro atoms. The Bertz CT molecular complexity index is 759. The number of aryl methyl sites for hydroxylation is 3. The fourth-order valence-corrected chi connectivity index (χ4v) is 2.72. The maximum absolute atomic E-state index is 12.7. The Morgan fingerprint density at radius 1 is 1.00 bits per heavy atom. The van der Waals surface area contributed by atoms with Gasteiger partial charge in [0, 0.05) is 5.56 Å². The molecule has 144 valence electrons. The van der Waals surface area contributed by atoms with Crippen molar-refractivity contribution >= 4 is 17.4 Å². The van der Waals surface area contributed by atoms with Gasteiger partial charge in [-0.3, -0.25) is 9.59 Å². The Labute approximate surface area is 162 Å². The average molecular weight is 367 g/mol. The SMILES string of the molecule is C\C=C/C=C\C=C\C(CC)=N\NC(=O)C(=O)c1c(CC)cc(C)cc1CC. The smallest absolute Gasteiger partial charge is 0.283 e. The van der Waals surface area contributed by atoms with Crippen LogP contribution >= 0.6 is 0 Å². The molecule has 0 atom stereocenters. The lowest BCUT2D eigenvalue weighted by Crippen LogP contribution is -2.29. The van der Waals surface area contributed by atoms with Gasteiger partial charge in [0.15, 0.2) is 0 Å². The number of amides is 1. The second kappa shape index (κ2) is 11.8. The number of hydrogen-bond acceptors (Lipinski definition) is 3. The molecule has 0 unspecified atom stereocenters. The minimum atomic E-state index is -0.702. The van der Waals surface area contributed by atoms with Crippen LogP contribution in [0.3, 0.4) is 0 Å². The first-order valence-corrected chi connectivity index (χ1v) is 9.47. The van der Waals surface area contributed by atoms with Crippen LogP contribution in [0.4, 0.5) is 0 Å². The number of nitrogens with zero attached hydrogens (tertiary/aromatic N) is 1. The number of hydrogen-bond donors (Lipinski definition) is 1. The molecular formula is C23H30N2O2. The Kier molecular flexibility index (Phi) is 9.73. The Morgan fingerprint density at radius 2 is 1.59 bits per heavy atom. The first kappa shape index (κ1) is 22.3. The minimum Gasteiger partial charge on any atom is -0.283 e. The van der Waals surface area contributed by atoms with Gasteiger partial charge in [0.25, 0.3) is 5.78 Å². The van der Waals surface area contributed by atoms with E-state index in [2.05, 4.69) is 10.5 Å². The van der Waals surface area contributed by atoms with Crippen molar-refractivity contribution in [2.24, 2.45) is 5.10 Å². The van der Waals surface area contributed by atoms with Crippen LogP contribution in [0.1, 0.15) is 61.2 Å². The van der Waals surface area contributed by atoms with Crippen molar-refractivity contribution in [3.63, 3.8) is 0 Å². The van der Waals surface area contributed by atoms with E-state index in [4.69, 9.17) is 0 Å². The molecule has 1 rings (SSSR count). The fourth-order valence-electron chi connectivity index (χ4n) is 2.72. The lowest BCUT2D eigenvalue weighted by atomic mass is 9.92. The molecule has 1 aromatic rings. The molecule has 0 fully saturated rings. The average Bonchev–Trinajstić information content (AvgIpc) is 2.68. The van der Waals surface area contributed by atoms with Crippen LogP contribution in [0, 0.1) is 6.92 Å². The summed E-state index contributed by atoms with van der Waals surface area (Å²) in [6.07, 6.45) is 13.4.